The zero-order valence-corrected chi connectivity index (χ0v) is 23.5. The van der Waals surface area contributed by atoms with Crippen LogP contribution in [0.3, 0.4) is 0 Å². The van der Waals surface area contributed by atoms with Crippen molar-refractivity contribution in [1.82, 2.24) is 14.7 Å². The summed E-state index contributed by atoms with van der Waals surface area (Å²) >= 11 is 0. The predicted molar refractivity (Wildman–Crippen MR) is 154 cm³/mol. The molecule has 1 saturated carbocycles. The molecule has 1 fully saturated rings. The number of carbonyl (C=O) groups is 1. The second-order valence-corrected chi connectivity index (χ2v) is 12.4. The summed E-state index contributed by atoms with van der Waals surface area (Å²) in [6.45, 7) is 2.30. The number of benzene rings is 3. The molecule has 3 aromatic carbocycles. The van der Waals surface area contributed by atoms with Crippen molar-refractivity contribution in [2.24, 2.45) is 5.92 Å². The van der Waals surface area contributed by atoms with Crippen molar-refractivity contribution in [1.29, 1.82) is 0 Å². The van der Waals surface area contributed by atoms with Gasteiger partial charge in [0.25, 0.3) is 0 Å². The van der Waals surface area contributed by atoms with E-state index < -0.39 is 21.9 Å². The average molecular weight is 571 g/mol. The third kappa shape index (κ3) is 5.78. The molecule has 1 heterocycles. The molecule has 0 aliphatic heterocycles. The number of sulfonamides is 1. The maximum atomic E-state index is 14.0. The molecule has 2 aliphatic carbocycles. The lowest BCUT2D eigenvalue weighted by Crippen LogP contribution is -2.32. The fourth-order valence-electron chi connectivity index (χ4n) is 5.61. The molecule has 41 heavy (non-hydrogen) atoms. The summed E-state index contributed by atoms with van der Waals surface area (Å²) in [4.78, 5) is 24.6. The lowest BCUT2D eigenvalue weighted by Gasteiger charge is -2.25. The van der Waals surface area contributed by atoms with Gasteiger partial charge in [-0.15, -0.1) is 0 Å². The van der Waals surface area contributed by atoms with Gasteiger partial charge in [0.2, 0.25) is 15.9 Å². The van der Waals surface area contributed by atoms with Crippen molar-refractivity contribution in [3.05, 3.63) is 119 Å². The largest absolute Gasteiger partial charge is 0.308 e. The molecular formula is C32H31FN4O3S. The van der Waals surface area contributed by atoms with E-state index in [2.05, 4.69) is 26.8 Å². The number of amides is 1. The van der Waals surface area contributed by atoms with Crippen LogP contribution >= 0.6 is 0 Å². The first-order valence-corrected chi connectivity index (χ1v) is 15.4. The van der Waals surface area contributed by atoms with Gasteiger partial charge < -0.3 is 4.90 Å². The maximum Gasteiger partial charge on any atom is 0.241 e. The molecule has 0 radical (unpaired) electrons. The van der Waals surface area contributed by atoms with E-state index in [-0.39, 0.29) is 22.6 Å². The van der Waals surface area contributed by atoms with Gasteiger partial charge in [-0.3, -0.25) is 4.79 Å². The zero-order valence-electron chi connectivity index (χ0n) is 22.7. The van der Waals surface area contributed by atoms with Crippen molar-refractivity contribution in [2.45, 2.75) is 56.0 Å². The molecule has 0 bridgehead atoms. The zero-order chi connectivity index (χ0) is 28.6. The van der Waals surface area contributed by atoms with Crippen LogP contribution in [0, 0.1) is 11.7 Å². The number of nitrogens with zero attached hydrogens (tertiary/aromatic N) is 3. The number of rotatable bonds is 9. The molecule has 0 saturated heterocycles. The van der Waals surface area contributed by atoms with Gasteiger partial charge in [0, 0.05) is 42.0 Å². The number of aryl methyl sites for hydroxylation is 2. The first kappa shape index (κ1) is 27.2. The Morgan fingerprint density at radius 2 is 1.76 bits per heavy atom. The topological polar surface area (TPSA) is 92.3 Å². The minimum atomic E-state index is -3.86. The predicted octanol–water partition coefficient (Wildman–Crippen LogP) is 5.48. The smallest absolute Gasteiger partial charge is 0.241 e. The lowest BCUT2D eigenvalue weighted by molar-refractivity contribution is -0.120. The number of carbonyl (C=O) groups excluding carboxylic acids is 1. The van der Waals surface area contributed by atoms with Crippen molar-refractivity contribution < 1.29 is 17.6 Å². The third-order valence-corrected chi connectivity index (χ3v) is 9.44. The number of hydrogen-bond donors (Lipinski definition) is 1. The van der Waals surface area contributed by atoms with Crippen LogP contribution in [0.2, 0.25) is 0 Å². The maximum absolute atomic E-state index is 14.0. The number of aromatic nitrogens is 2. The number of fused-ring (bicyclic) bond motifs is 1. The Morgan fingerprint density at radius 3 is 2.46 bits per heavy atom. The summed E-state index contributed by atoms with van der Waals surface area (Å²) in [6.07, 6.45) is 6.35. The summed E-state index contributed by atoms with van der Waals surface area (Å²) in [5.74, 6) is 0.319. The van der Waals surface area contributed by atoms with E-state index in [1.54, 1.807) is 17.3 Å². The number of halogens is 1. The molecule has 1 N–H and O–H groups in total. The summed E-state index contributed by atoms with van der Waals surface area (Å²) in [6, 6.07) is 20.3. The third-order valence-electron chi connectivity index (χ3n) is 7.96. The Bertz CT molecular complexity index is 1660. The highest BCUT2D eigenvalue weighted by Crippen LogP contribution is 2.49. The summed E-state index contributed by atoms with van der Waals surface area (Å²) in [5, 5.41) is 0. The van der Waals surface area contributed by atoms with Crippen molar-refractivity contribution in [3.8, 4) is 0 Å². The highest BCUT2D eigenvalue weighted by atomic mass is 32.2. The van der Waals surface area contributed by atoms with Crippen LogP contribution in [0.15, 0.2) is 90.1 Å². The molecular weight excluding hydrogens is 539 g/mol. The molecule has 9 heteroatoms. The van der Waals surface area contributed by atoms with E-state index in [4.69, 9.17) is 0 Å². The van der Waals surface area contributed by atoms with Crippen LogP contribution < -0.4 is 9.62 Å². The molecule has 2 aliphatic rings. The molecule has 0 spiro atoms. The summed E-state index contributed by atoms with van der Waals surface area (Å²) in [5.41, 5.74) is 4.57. The van der Waals surface area contributed by atoms with Crippen molar-refractivity contribution >= 4 is 21.6 Å². The van der Waals surface area contributed by atoms with Gasteiger partial charge >= 0.3 is 0 Å². The van der Waals surface area contributed by atoms with Gasteiger partial charge in [0.15, 0.2) is 0 Å². The van der Waals surface area contributed by atoms with Gasteiger partial charge in [0.1, 0.15) is 11.6 Å². The Labute approximate surface area is 239 Å². The minimum absolute atomic E-state index is 0.0107. The van der Waals surface area contributed by atoms with Gasteiger partial charge in [-0.05, 0) is 78.3 Å². The molecule has 210 valence electrons. The lowest BCUT2D eigenvalue weighted by atomic mass is 10.1. The van der Waals surface area contributed by atoms with Crippen molar-refractivity contribution in [2.75, 3.05) is 4.90 Å². The van der Waals surface area contributed by atoms with E-state index >= 15 is 0 Å². The SMILES string of the molecule is CCc1ncc(CN(C(=O)C2CC2c2ccccc2)c2ccc3c(c2)C(NS(=O)(=O)c2ccc(F)cc2)CC3)cn1. The van der Waals surface area contributed by atoms with E-state index in [1.165, 1.54) is 12.1 Å². The first-order chi connectivity index (χ1) is 19.8. The Hall–Kier alpha value is -3.95. The van der Waals surface area contributed by atoms with E-state index in [0.717, 1.165) is 53.1 Å². The fraction of sp³-hybridized carbons (Fsp3) is 0.281. The Balaban J connectivity index is 1.29. The number of nitrogens with one attached hydrogen (secondary N) is 1. The monoisotopic (exact) mass is 570 g/mol. The highest BCUT2D eigenvalue weighted by Gasteiger charge is 2.46. The second-order valence-electron chi connectivity index (χ2n) is 10.7. The molecule has 3 unspecified atom stereocenters. The highest BCUT2D eigenvalue weighted by molar-refractivity contribution is 7.89. The Morgan fingerprint density at radius 1 is 1.02 bits per heavy atom. The van der Waals surface area contributed by atoms with Crippen LogP contribution in [-0.2, 0) is 34.2 Å². The van der Waals surface area contributed by atoms with Crippen LogP contribution in [0.1, 0.15) is 59.8 Å². The quantitative estimate of drug-likeness (QED) is 0.288. The molecule has 4 aromatic rings. The number of anilines is 1. The molecule has 1 aromatic heterocycles. The van der Waals surface area contributed by atoms with E-state index in [0.29, 0.717) is 25.1 Å². The fourth-order valence-corrected chi connectivity index (χ4v) is 6.86. The van der Waals surface area contributed by atoms with Crippen LogP contribution in [0.4, 0.5) is 10.1 Å². The normalized spacial score (nSPS) is 19.5. The molecule has 1 amide bonds. The van der Waals surface area contributed by atoms with Gasteiger partial charge in [-0.1, -0.05) is 43.3 Å². The van der Waals surface area contributed by atoms with Gasteiger partial charge in [-0.25, -0.2) is 27.5 Å². The van der Waals surface area contributed by atoms with Gasteiger partial charge in [0.05, 0.1) is 11.4 Å². The molecule has 7 nitrogen and oxygen atoms in total. The van der Waals surface area contributed by atoms with E-state index in [1.807, 2.05) is 43.3 Å². The standard InChI is InChI=1S/C32H31FN4O3S/c1-2-31-34-18-21(19-35-31)20-37(32(38)29-17-27(29)22-6-4-3-5-7-22)25-12-8-23-9-15-30(28(23)16-25)36-41(39,40)26-13-10-24(33)11-14-26/h3-8,10-14,16,18-19,27,29-30,36H,2,9,15,17,20H2,1H3. The average Bonchev–Trinajstić information content (AvgIpc) is 3.71. The Kier molecular flexibility index (Phi) is 7.40. The molecule has 6 rings (SSSR count). The first-order valence-electron chi connectivity index (χ1n) is 13.9. The van der Waals surface area contributed by atoms with E-state index in [9.17, 15) is 17.6 Å². The van der Waals surface area contributed by atoms with Crippen LogP contribution in [-0.4, -0.2) is 24.3 Å². The molecule has 3 atom stereocenters. The van der Waals surface area contributed by atoms with Gasteiger partial charge in [-0.2, -0.15) is 0 Å². The minimum Gasteiger partial charge on any atom is -0.308 e. The van der Waals surface area contributed by atoms with Crippen molar-refractivity contribution in [3.63, 3.8) is 0 Å². The van der Waals surface area contributed by atoms with Crippen LogP contribution in [0.25, 0.3) is 0 Å². The number of hydrogen-bond acceptors (Lipinski definition) is 5. The summed E-state index contributed by atoms with van der Waals surface area (Å²) in [7, 11) is -3.86. The summed E-state index contributed by atoms with van der Waals surface area (Å²) < 4.78 is 42.3. The van der Waals surface area contributed by atoms with Crippen LogP contribution in [0.5, 0.6) is 0 Å². The second kappa shape index (κ2) is 11.1.